The van der Waals surface area contributed by atoms with Gasteiger partial charge < -0.3 is 15.6 Å². The molecule has 3 aromatic rings. The molecule has 2 atom stereocenters. The average molecular weight is 438 g/mol. The minimum Gasteiger partial charge on any atom is -0.346 e. The third-order valence-corrected chi connectivity index (χ3v) is 5.75. The number of hydrogen-bond acceptors (Lipinski definition) is 5. The third kappa shape index (κ3) is 4.56. The van der Waals surface area contributed by atoms with Crippen molar-refractivity contribution in [2.75, 3.05) is 16.9 Å². The molecule has 31 heavy (non-hydrogen) atoms. The molecule has 2 heterocycles. The van der Waals surface area contributed by atoms with E-state index >= 15 is 0 Å². The first-order chi connectivity index (χ1) is 15.1. The molecule has 0 saturated carbocycles. The van der Waals surface area contributed by atoms with Crippen LogP contribution in [0.2, 0.25) is 0 Å². The summed E-state index contributed by atoms with van der Waals surface area (Å²) in [4.78, 5) is 46.8. The van der Waals surface area contributed by atoms with Crippen LogP contribution in [0.3, 0.4) is 0 Å². The summed E-state index contributed by atoms with van der Waals surface area (Å²) in [6, 6.07) is 14.6. The molecule has 4 amide bonds. The smallest absolute Gasteiger partial charge is 0.329 e. The maximum Gasteiger partial charge on any atom is 0.329 e. The van der Waals surface area contributed by atoms with Crippen LogP contribution in [-0.4, -0.2) is 45.9 Å². The number of urea groups is 1. The summed E-state index contributed by atoms with van der Waals surface area (Å²) < 4.78 is 0. The second-order valence-corrected chi connectivity index (χ2v) is 8.24. The van der Waals surface area contributed by atoms with Gasteiger partial charge in [-0.05, 0) is 42.7 Å². The van der Waals surface area contributed by atoms with Crippen molar-refractivity contribution in [3.63, 3.8) is 0 Å². The number of anilines is 1. The number of fused-ring (bicyclic) bond motifs is 1. The highest BCUT2D eigenvalue weighted by Crippen LogP contribution is 2.22. The van der Waals surface area contributed by atoms with Crippen LogP contribution in [0.1, 0.15) is 24.7 Å². The Labute approximate surface area is 183 Å². The molecule has 0 aliphatic carbocycles. The Morgan fingerprint density at radius 1 is 1.16 bits per heavy atom. The highest BCUT2D eigenvalue weighted by Gasteiger charge is 2.40. The lowest BCUT2D eigenvalue weighted by atomic mass is 10.1. The molecule has 1 fully saturated rings. The van der Waals surface area contributed by atoms with Crippen LogP contribution in [0.25, 0.3) is 11.0 Å². The van der Waals surface area contributed by atoms with E-state index in [1.54, 1.807) is 42.1 Å². The van der Waals surface area contributed by atoms with E-state index in [0.717, 1.165) is 21.7 Å². The first-order valence-electron chi connectivity index (χ1n) is 9.99. The van der Waals surface area contributed by atoms with E-state index in [2.05, 4.69) is 20.6 Å². The Morgan fingerprint density at radius 3 is 2.65 bits per heavy atom. The van der Waals surface area contributed by atoms with Gasteiger partial charge in [-0.3, -0.25) is 9.59 Å². The van der Waals surface area contributed by atoms with Crippen LogP contribution in [0.15, 0.2) is 54.6 Å². The van der Waals surface area contributed by atoms with E-state index in [-0.39, 0.29) is 18.4 Å². The Morgan fingerprint density at radius 2 is 1.90 bits per heavy atom. The number of benzene rings is 2. The molecule has 1 aliphatic rings. The molecule has 1 aromatic heterocycles. The molecule has 1 saturated heterocycles. The normalized spacial score (nSPS) is 17.1. The predicted octanol–water partition coefficient (Wildman–Crippen LogP) is 2.99. The molecule has 2 aromatic carbocycles. The number of para-hydroxylation sites is 3. The topological polar surface area (TPSA) is 107 Å². The van der Waals surface area contributed by atoms with Gasteiger partial charge in [-0.25, -0.2) is 14.7 Å². The Balaban J connectivity index is 1.45. The van der Waals surface area contributed by atoms with E-state index < -0.39 is 18.0 Å². The van der Waals surface area contributed by atoms with Crippen LogP contribution < -0.4 is 15.5 Å². The number of amides is 4. The first-order valence-corrected chi connectivity index (χ1v) is 11.4. The van der Waals surface area contributed by atoms with Gasteiger partial charge in [-0.15, -0.1) is 0 Å². The van der Waals surface area contributed by atoms with Crippen LogP contribution >= 0.6 is 11.8 Å². The number of carbonyl (C=O) groups is 3. The molecule has 9 heteroatoms. The standard InChI is InChI=1S/C22H23N5O3S/c1-31-12-11-17(20-24-15-9-5-6-10-16(15)25-20)23-19(28)13-18-21(29)27(22(30)26-18)14-7-3-2-4-8-14/h2-10,17-18H,11-13H2,1H3,(H,23,28)(H,24,25)(H,26,30). The zero-order valence-corrected chi connectivity index (χ0v) is 17.8. The third-order valence-electron chi connectivity index (χ3n) is 5.11. The fraction of sp³-hybridized carbons (Fsp3) is 0.273. The quantitative estimate of drug-likeness (QED) is 0.470. The lowest BCUT2D eigenvalue weighted by Gasteiger charge is -2.17. The van der Waals surface area contributed by atoms with Gasteiger partial charge in [0, 0.05) is 0 Å². The van der Waals surface area contributed by atoms with E-state index in [9.17, 15) is 14.4 Å². The fourth-order valence-electron chi connectivity index (χ4n) is 3.58. The number of nitrogens with zero attached hydrogens (tertiary/aromatic N) is 2. The number of hydrogen-bond donors (Lipinski definition) is 3. The van der Waals surface area contributed by atoms with Gasteiger partial charge in [0.25, 0.3) is 5.91 Å². The van der Waals surface area contributed by atoms with Gasteiger partial charge in [-0.2, -0.15) is 11.8 Å². The lowest BCUT2D eigenvalue weighted by Crippen LogP contribution is -2.38. The number of aromatic amines is 1. The molecule has 0 radical (unpaired) electrons. The molecule has 0 spiro atoms. The van der Waals surface area contributed by atoms with Gasteiger partial charge in [0.2, 0.25) is 5.91 Å². The molecule has 0 bridgehead atoms. The second kappa shape index (κ2) is 9.22. The van der Waals surface area contributed by atoms with Crippen LogP contribution in [-0.2, 0) is 9.59 Å². The Hall–Kier alpha value is -3.33. The minimum atomic E-state index is -0.899. The molecule has 4 rings (SSSR count). The molecule has 8 nitrogen and oxygen atoms in total. The summed E-state index contributed by atoms with van der Waals surface area (Å²) in [5, 5.41) is 5.59. The lowest BCUT2D eigenvalue weighted by molar-refractivity contribution is -0.126. The number of H-pyrrole nitrogens is 1. The van der Waals surface area contributed by atoms with Crippen molar-refractivity contribution in [1.82, 2.24) is 20.6 Å². The van der Waals surface area contributed by atoms with E-state index in [1.165, 1.54) is 0 Å². The molecular weight excluding hydrogens is 414 g/mol. The van der Waals surface area contributed by atoms with E-state index in [1.807, 2.05) is 30.5 Å². The predicted molar refractivity (Wildman–Crippen MR) is 121 cm³/mol. The maximum absolute atomic E-state index is 12.8. The molecule has 3 N–H and O–H groups in total. The monoisotopic (exact) mass is 437 g/mol. The van der Waals surface area contributed by atoms with Crippen molar-refractivity contribution >= 4 is 46.3 Å². The van der Waals surface area contributed by atoms with Gasteiger partial charge in [-0.1, -0.05) is 30.3 Å². The van der Waals surface area contributed by atoms with Crippen LogP contribution in [0.4, 0.5) is 10.5 Å². The highest BCUT2D eigenvalue weighted by atomic mass is 32.2. The molecular formula is C22H23N5O3S. The summed E-state index contributed by atoms with van der Waals surface area (Å²) >= 11 is 1.68. The summed E-state index contributed by atoms with van der Waals surface area (Å²) in [5.41, 5.74) is 2.21. The van der Waals surface area contributed by atoms with Gasteiger partial charge in [0.15, 0.2) is 0 Å². The summed E-state index contributed by atoms with van der Waals surface area (Å²) in [6.07, 6.45) is 2.56. The molecule has 160 valence electrons. The minimum absolute atomic E-state index is 0.135. The number of nitrogens with one attached hydrogen (secondary N) is 3. The molecule has 1 aliphatic heterocycles. The number of aromatic nitrogens is 2. The number of thioether (sulfide) groups is 1. The Bertz CT molecular complexity index is 1070. The summed E-state index contributed by atoms with van der Waals surface area (Å²) in [6.45, 7) is 0. The zero-order valence-electron chi connectivity index (χ0n) is 17.0. The first kappa shape index (κ1) is 20.9. The van der Waals surface area contributed by atoms with Crippen molar-refractivity contribution in [2.45, 2.75) is 24.9 Å². The second-order valence-electron chi connectivity index (χ2n) is 7.26. The Kier molecular flexibility index (Phi) is 6.22. The van der Waals surface area contributed by atoms with Gasteiger partial charge >= 0.3 is 6.03 Å². The van der Waals surface area contributed by atoms with E-state index in [0.29, 0.717) is 17.9 Å². The van der Waals surface area contributed by atoms with Gasteiger partial charge in [0.05, 0.1) is 29.2 Å². The fourth-order valence-corrected chi connectivity index (χ4v) is 4.05. The number of imidazole rings is 1. The van der Waals surface area contributed by atoms with Crippen molar-refractivity contribution in [3.8, 4) is 0 Å². The summed E-state index contributed by atoms with van der Waals surface area (Å²) in [7, 11) is 0. The molecule has 2 unspecified atom stereocenters. The van der Waals surface area contributed by atoms with Crippen LogP contribution in [0, 0.1) is 0 Å². The summed E-state index contributed by atoms with van der Waals surface area (Å²) in [5.74, 6) is 0.759. The number of rotatable bonds is 8. The van der Waals surface area contributed by atoms with Crippen molar-refractivity contribution in [3.05, 3.63) is 60.4 Å². The zero-order chi connectivity index (χ0) is 21.8. The van der Waals surface area contributed by atoms with Crippen LogP contribution in [0.5, 0.6) is 0 Å². The number of carbonyl (C=O) groups excluding carboxylic acids is 3. The largest absolute Gasteiger partial charge is 0.346 e. The highest BCUT2D eigenvalue weighted by molar-refractivity contribution is 7.98. The SMILES string of the molecule is CSCCC(NC(=O)CC1NC(=O)N(c2ccccc2)C1=O)c1nc2ccccc2[nH]1. The average Bonchev–Trinajstić information content (AvgIpc) is 3.32. The van der Waals surface area contributed by atoms with Crippen molar-refractivity contribution in [1.29, 1.82) is 0 Å². The van der Waals surface area contributed by atoms with Crippen molar-refractivity contribution < 1.29 is 14.4 Å². The van der Waals surface area contributed by atoms with E-state index in [4.69, 9.17) is 0 Å². The number of imide groups is 1. The van der Waals surface area contributed by atoms with Crippen molar-refractivity contribution in [2.24, 2.45) is 0 Å². The van der Waals surface area contributed by atoms with Gasteiger partial charge in [0.1, 0.15) is 11.9 Å². The maximum atomic E-state index is 12.8.